The third-order valence-electron chi connectivity index (χ3n) is 3.87. The Morgan fingerprint density at radius 2 is 1.94 bits per heavy atom. The summed E-state index contributed by atoms with van der Waals surface area (Å²) in [5.41, 5.74) is 0.379. The number of halogens is 2. The van der Waals surface area contributed by atoms with Crippen molar-refractivity contribution < 1.29 is 27.9 Å². The number of thioether (sulfide) groups is 1. The Hall–Kier alpha value is -2.14. The van der Waals surface area contributed by atoms with E-state index in [0.717, 1.165) is 11.8 Å². The molecule has 0 aliphatic heterocycles. The fourth-order valence-electron chi connectivity index (χ4n) is 2.32. The van der Waals surface area contributed by atoms with Crippen LogP contribution < -0.4 is 10.0 Å². The maximum absolute atomic E-state index is 12.5. The quantitative estimate of drug-likeness (QED) is 0.240. The highest BCUT2D eigenvalue weighted by molar-refractivity contribution is 9.10. The molecule has 0 radical (unpaired) electrons. The molecule has 0 fully saturated rings. The molecule has 1 amide bonds. The lowest BCUT2D eigenvalue weighted by Gasteiger charge is -2.20. The normalized spacial score (nSPS) is 13.0. The van der Waals surface area contributed by atoms with E-state index >= 15 is 0 Å². The molecule has 2 aromatic rings. The molecule has 2 rings (SSSR count). The van der Waals surface area contributed by atoms with Crippen molar-refractivity contribution in [3.63, 3.8) is 0 Å². The molecule has 0 saturated heterocycles. The van der Waals surface area contributed by atoms with Crippen LogP contribution in [0.1, 0.15) is 6.92 Å². The fourth-order valence-corrected chi connectivity index (χ4v) is 4.75. The zero-order chi connectivity index (χ0) is 23.9. The zero-order valence-electron chi connectivity index (χ0n) is 16.4. The molecule has 2 aromatic carbocycles. The molecular formula is C19H17BrClN3O6S2. The first kappa shape index (κ1) is 26.1. The summed E-state index contributed by atoms with van der Waals surface area (Å²) in [4.78, 5) is 25.0. The standard InChI is InChI=1S/C19H17BrClN3O6S2/c1-11(25)18(24-32(28,29)14-5-2-12(21)3-6-14)19(27)30-9-17(26)23-16-7-4-13(31-10-22)8-15(16)20/h2-8,11,18,24-25H,9H2,1H3,(H,23,26)/t11-,18+/m1/s1. The van der Waals surface area contributed by atoms with E-state index in [9.17, 15) is 23.1 Å². The first-order valence-electron chi connectivity index (χ1n) is 8.81. The smallest absolute Gasteiger partial charge is 0.327 e. The van der Waals surface area contributed by atoms with Gasteiger partial charge in [-0.25, -0.2) is 8.42 Å². The number of rotatable bonds is 9. The van der Waals surface area contributed by atoms with Crippen molar-refractivity contribution in [2.45, 2.75) is 28.9 Å². The number of thiocyanates is 1. The van der Waals surface area contributed by atoms with Crippen LogP contribution in [-0.4, -0.2) is 44.2 Å². The van der Waals surface area contributed by atoms with Crippen LogP contribution in [0.15, 0.2) is 56.7 Å². The molecule has 0 heterocycles. The molecule has 3 N–H and O–H groups in total. The van der Waals surface area contributed by atoms with Crippen LogP contribution in [-0.2, 0) is 24.3 Å². The van der Waals surface area contributed by atoms with E-state index in [-0.39, 0.29) is 4.90 Å². The molecule has 2 atom stereocenters. The summed E-state index contributed by atoms with van der Waals surface area (Å²) >= 11 is 9.96. The lowest BCUT2D eigenvalue weighted by atomic mass is 10.2. The predicted molar refractivity (Wildman–Crippen MR) is 122 cm³/mol. The number of amides is 1. The minimum absolute atomic E-state index is 0.166. The summed E-state index contributed by atoms with van der Waals surface area (Å²) < 4.78 is 32.4. The van der Waals surface area contributed by atoms with E-state index in [4.69, 9.17) is 21.6 Å². The van der Waals surface area contributed by atoms with Crippen LogP contribution in [0.2, 0.25) is 5.02 Å². The van der Waals surface area contributed by atoms with Gasteiger partial charge in [0, 0.05) is 14.4 Å². The predicted octanol–water partition coefficient (Wildman–Crippen LogP) is 2.89. The van der Waals surface area contributed by atoms with Crippen molar-refractivity contribution in [2.24, 2.45) is 0 Å². The number of carbonyl (C=O) groups is 2. The summed E-state index contributed by atoms with van der Waals surface area (Å²) in [5.74, 6) is -1.82. The Morgan fingerprint density at radius 1 is 1.28 bits per heavy atom. The van der Waals surface area contributed by atoms with Crippen LogP contribution in [0, 0.1) is 10.7 Å². The van der Waals surface area contributed by atoms with E-state index in [0.29, 0.717) is 20.1 Å². The second-order valence-electron chi connectivity index (χ2n) is 6.28. The number of aliphatic hydroxyl groups excluding tert-OH is 1. The van der Waals surface area contributed by atoms with Crippen molar-refractivity contribution in [3.05, 3.63) is 52.0 Å². The fraction of sp³-hybridized carbons (Fsp3) is 0.211. The Kier molecular flexibility index (Phi) is 9.50. The average Bonchev–Trinajstić information content (AvgIpc) is 2.72. The minimum Gasteiger partial charge on any atom is -0.454 e. The number of benzene rings is 2. The number of hydrogen-bond donors (Lipinski definition) is 3. The van der Waals surface area contributed by atoms with E-state index in [2.05, 4.69) is 26.0 Å². The van der Waals surface area contributed by atoms with Gasteiger partial charge in [-0.1, -0.05) is 11.6 Å². The summed E-state index contributed by atoms with van der Waals surface area (Å²) in [5, 5.41) is 23.3. The van der Waals surface area contributed by atoms with Gasteiger partial charge in [0.25, 0.3) is 5.91 Å². The van der Waals surface area contributed by atoms with E-state index in [1.54, 1.807) is 18.2 Å². The van der Waals surface area contributed by atoms with Gasteiger partial charge >= 0.3 is 5.97 Å². The summed E-state index contributed by atoms with van der Waals surface area (Å²) in [6.45, 7) is 0.486. The van der Waals surface area contributed by atoms with Crippen molar-refractivity contribution in [3.8, 4) is 5.40 Å². The molecule has 0 bridgehead atoms. The number of anilines is 1. The van der Waals surface area contributed by atoms with Gasteiger partial charge in [0.15, 0.2) is 6.61 Å². The van der Waals surface area contributed by atoms with Gasteiger partial charge in [-0.3, -0.25) is 9.59 Å². The maximum atomic E-state index is 12.5. The summed E-state index contributed by atoms with van der Waals surface area (Å²) in [7, 11) is -4.17. The molecule has 32 heavy (non-hydrogen) atoms. The lowest BCUT2D eigenvalue weighted by molar-refractivity contribution is -0.151. The van der Waals surface area contributed by atoms with Gasteiger partial charge in [-0.05, 0) is 77.1 Å². The molecule has 0 unspecified atom stereocenters. The van der Waals surface area contributed by atoms with Gasteiger partial charge < -0.3 is 15.2 Å². The van der Waals surface area contributed by atoms with Crippen LogP contribution >= 0.6 is 39.3 Å². The Balaban J connectivity index is 2.00. The summed E-state index contributed by atoms with van der Waals surface area (Å²) in [6.07, 6.45) is -1.44. The molecule has 0 aliphatic rings. The second kappa shape index (κ2) is 11.6. The van der Waals surface area contributed by atoms with Crippen LogP contribution in [0.3, 0.4) is 0 Å². The Morgan fingerprint density at radius 3 is 2.50 bits per heavy atom. The molecule has 0 saturated carbocycles. The number of nitrogens with one attached hydrogen (secondary N) is 2. The highest BCUT2D eigenvalue weighted by atomic mass is 79.9. The number of ether oxygens (including phenoxy) is 1. The molecule has 0 spiro atoms. The SMILES string of the molecule is C[C@@H](O)[C@H](NS(=O)(=O)c1ccc(Cl)cc1)C(=O)OCC(=O)Nc1ccc(SC#N)cc1Br. The van der Waals surface area contributed by atoms with Crippen molar-refractivity contribution in [2.75, 3.05) is 11.9 Å². The molecule has 170 valence electrons. The molecular weight excluding hydrogens is 546 g/mol. The monoisotopic (exact) mass is 561 g/mol. The number of carbonyl (C=O) groups excluding carboxylic acids is 2. The van der Waals surface area contributed by atoms with Gasteiger partial charge in [0.1, 0.15) is 11.4 Å². The highest BCUT2D eigenvalue weighted by Crippen LogP contribution is 2.28. The van der Waals surface area contributed by atoms with Gasteiger partial charge in [-0.2, -0.15) is 9.98 Å². The number of nitriles is 1. The first-order valence-corrected chi connectivity index (χ1v) is 12.3. The summed E-state index contributed by atoms with van der Waals surface area (Å²) in [6, 6.07) is 8.36. The van der Waals surface area contributed by atoms with Crippen molar-refractivity contribution in [1.29, 1.82) is 5.26 Å². The number of nitrogens with zero attached hydrogens (tertiary/aromatic N) is 1. The van der Waals surface area contributed by atoms with Crippen molar-refractivity contribution >= 4 is 66.9 Å². The van der Waals surface area contributed by atoms with Gasteiger partial charge in [0.05, 0.1) is 16.7 Å². The van der Waals surface area contributed by atoms with Crippen LogP contribution in [0.4, 0.5) is 5.69 Å². The maximum Gasteiger partial charge on any atom is 0.327 e. The molecule has 0 aliphatic carbocycles. The topological polar surface area (TPSA) is 146 Å². The Labute approximate surface area is 202 Å². The number of sulfonamides is 1. The van der Waals surface area contributed by atoms with E-state index in [1.807, 2.05) is 5.40 Å². The largest absolute Gasteiger partial charge is 0.454 e. The molecule has 9 nitrogen and oxygen atoms in total. The highest BCUT2D eigenvalue weighted by Gasteiger charge is 2.31. The van der Waals surface area contributed by atoms with Crippen molar-refractivity contribution in [1.82, 2.24) is 4.72 Å². The van der Waals surface area contributed by atoms with Gasteiger partial charge in [0.2, 0.25) is 10.0 Å². The third kappa shape index (κ3) is 7.47. The molecule has 0 aromatic heterocycles. The Bertz CT molecular complexity index is 1140. The lowest BCUT2D eigenvalue weighted by Crippen LogP contribution is -2.48. The first-order chi connectivity index (χ1) is 15.0. The zero-order valence-corrected chi connectivity index (χ0v) is 20.4. The number of aliphatic hydroxyl groups is 1. The van der Waals surface area contributed by atoms with Crippen LogP contribution in [0.5, 0.6) is 0 Å². The van der Waals surface area contributed by atoms with Gasteiger partial charge in [-0.15, -0.1) is 0 Å². The number of hydrogen-bond acceptors (Lipinski definition) is 8. The molecule has 13 heteroatoms. The minimum atomic E-state index is -4.17. The van der Waals surface area contributed by atoms with E-state index in [1.165, 1.54) is 31.2 Å². The van der Waals surface area contributed by atoms with E-state index < -0.39 is 40.7 Å². The van der Waals surface area contributed by atoms with Crippen LogP contribution in [0.25, 0.3) is 0 Å². The number of esters is 1. The third-order valence-corrected chi connectivity index (χ3v) is 6.81. The average molecular weight is 563 g/mol. The second-order valence-corrected chi connectivity index (χ2v) is 10.1.